The summed E-state index contributed by atoms with van der Waals surface area (Å²) in [6.07, 6.45) is 3.70. The molecule has 5 heteroatoms. The molecule has 1 aliphatic rings. The fraction of sp³-hybridized carbons (Fsp3) is 0.500. The maximum Gasteiger partial charge on any atom is 0.310 e. The highest BCUT2D eigenvalue weighted by molar-refractivity contribution is 5.81. The van der Waals surface area contributed by atoms with Gasteiger partial charge in [0.2, 0.25) is 5.91 Å². The summed E-state index contributed by atoms with van der Waals surface area (Å²) in [7, 11) is 1.38. The predicted octanol–water partition coefficient (Wildman–Crippen LogP) is 0.892. The number of likely N-dealkylation sites (tertiary alicyclic amines) is 1. The summed E-state index contributed by atoms with van der Waals surface area (Å²) in [5.74, 6) is -0.261. The number of nitrogens with zero attached hydrogens (tertiary/aromatic N) is 2. The molecule has 2 unspecified atom stereocenters. The van der Waals surface area contributed by atoms with Crippen molar-refractivity contribution < 1.29 is 14.3 Å². The van der Waals surface area contributed by atoms with Gasteiger partial charge in [0.05, 0.1) is 19.4 Å². The standard InChI is InChI=1S/C14H18N2O3/c1-10-8-16(9-12(10)14(18)19-2)13(17)6-11-4-3-5-15-7-11/h3-5,7,10,12H,6,8-9H2,1-2H3. The van der Waals surface area contributed by atoms with Crippen LogP contribution in [0.5, 0.6) is 0 Å². The smallest absolute Gasteiger partial charge is 0.310 e. The van der Waals surface area contributed by atoms with Crippen LogP contribution in [0.15, 0.2) is 24.5 Å². The number of hydrogen-bond donors (Lipinski definition) is 0. The van der Waals surface area contributed by atoms with Gasteiger partial charge in [-0.05, 0) is 17.5 Å². The number of hydrogen-bond acceptors (Lipinski definition) is 4. The van der Waals surface area contributed by atoms with Gasteiger partial charge in [0.25, 0.3) is 0 Å². The Morgan fingerprint density at radius 1 is 1.47 bits per heavy atom. The second-order valence-corrected chi connectivity index (χ2v) is 4.94. The van der Waals surface area contributed by atoms with Crippen LogP contribution in [0.4, 0.5) is 0 Å². The quantitative estimate of drug-likeness (QED) is 0.759. The maximum atomic E-state index is 12.2. The van der Waals surface area contributed by atoms with Crippen LogP contribution in [0.3, 0.4) is 0 Å². The number of aromatic nitrogens is 1. The van der Waals surface area contributed by atoms with E-state index >= 15 is 0 Å². The SMILES string of the molecule is COC(=O)C1CN(C(=O)Cc2cccnc2)CC1C. The Morgan fingerprint density at radius 3 is 2.89 bits per heavy atom. The minimum absolute atomic E-state index is 0.0336. The minimum Gasteiger partial charge on any atom is -0.469 e. The highest BCUT2D eigenvalue weighted by Gasteiger charge is 2.37. The zero-order chi connectivity index (χ0) is 13.8. The number of methoxy groups -OCH3 is 1. The monoisotopic (exact) mass is 262 g/mol. The molecular formula is C14H18N2O3. The normalized spacial score (nSPS) is 22.3. The number of ether oxygens (including phenoxy) is 1. The van der Waals surface area contributed by atoms with E-state index in [-0.39, 0.29) is 23.7 Å². The Bertz CT molecular complexity index is 461. The molecule has 1 saturated heterocycles. The van der Waals surface area contributed by atoms with Crippen LogP contribution in [0.1, 0.15) is 12.5 Å². The first-order valence-electron chi connectivity index (χ1n) is 6.36. The van der Waals surface area contributed by atoms with Gasteiger partial charge in [-0.15, -0.1) is 0 Å². The van der Waals surface area contributed by atoms with Crippen molar-refractivity contribution in [3.8, 4) is 0 Å². The van der Waals surface area contributed by atoms with Crippen molar-refractivity contribution in [3.05, 3.63) is 30.1 Å². The Labute approximate surface area is 112 Å². The lowest BCUT2D eigenvalue weighted by Gasteiger charge is -2.15. The molecule has 1 aromatic rings. The summed E-state index contributed by atoms with van der Waals surface area (Å²) in [6.45, 7) is 3.03. The molecule has 0 aliphatic carbocycles. The van der Waals surface area contributed by atoms with E-state index in [2.05, 4.69) is 4.98 Å². The first-order valence-corrected chi connectivity index (χ1v) is 6.36. The van der Waals surface area contributed by atoms with Crippen LogP contribution in [0, 0.1) is 11.8 Å². The predicted molar refractivity (Wildman–Crippen MR) is 69.2 cm³/mol. The second-order valence-electron chi connectivity index (χ2n) is 4.94. The van der Waals surface area contributed by atoms with Crippen LogP contribution in [0.2, 0.25) is 0 Å². The molecule has 0 spiro atoms. The molecular weight excluding hydrogens is 244 g/mol. The molecule has 1 amide bonds. The Kier molecular flexibility index (Phi) is 4.14. The van der Waals surface area contributed by atoms with Crippen molar-refractivity contribution >= 4 is 11.9 Å². The third-order valence-corrected chi connectivity index (χ3v) is 3.55. The summed E-state index contributed by atoms with van der Waals surface area (Å²) < 4.78 is 4.76. The molecule has 2 rings (SSSR count). The molecule has 1 aliphatic heterocycles. The van der Waals surface area contributed by atoms with Crippen LogP contribution in [-0.4, -0.2) is 42.0 Å². The Morgan fingerprint density at radius 2 is 2.26 bits per heavy atom. The molecule has 1 aromatic heterocycles. The lowest BCUT2D eigenvalue weighted by atomic mass is 9.99. The zero-order valence-electron chi connectivity index (χ0n) is 11.2. The second kappa shape index (κ2) is 5.82. The largest absolute Gasteiger partial charge is 0.469 e. The van der Waals surface area contributed by atoms with Gasteiger partial charge in [-0.25, -0.2) is 0 Å². The van der Waals surface area contributed by atoms with Crippen molar-refractivity contribution in [2.45, 2.75) is 13.3 Å². The number of pyridine rings is 1. The molecule has 0 bridgehead atoms. The zero-order valence-corrected chi connectivity index (χ0v) is 11.2. The molecule has 102 valence electrons. The molecule has 5 nitrogen and oxygen atoms in total. The van der Waals surface area contributed by atoms with Crippen molar-refractivity contribution in [2.75, 3.05) is 20.2 Å². The van der Waals surface area contributed by atoms with Crippen LogP contribution < -0.4 is 0 Å². The van der Waals surface area contributed by atoms with E-state index in [0.717, 1.165) is 5.56 Å². The van der Waals surface area contributed by atoms with E-state index in [1.807, 2.05) is 19.1 Å². The van der Waals surface area contributed by atoms with E-state index < -0.39 is 0 Å². The summed E-state index contributed by atoms with van der Waals surface area (Å²) in [5.41, 5.74) is 0.890. The maximum absolute atomic E-state index is 12.2. The average molecular weight is 262 g/mol. The van der Waals surface area contributed by atoms with Crippen molar-refractivity contribution in [2.24, 2.45) is 11.8 Å². The summed E-state index contributed by atoms with van der Waals surface area (Å²) >= 11 is 0. The third kappa shape index (κ3) is 3.10. The molecule has 0 aromatic carbocycles. The highest BCUT2D eigenvalue weighted by atomic mass is 16.5. The summed E-state index contributed by atoms with van der Waals surface area (Å²) in [4.78, 5) is 29.5. The molecule has 19 heavy (non-hydrogen) atoms. The van der Waals surface area contributed by atoms with Crippen LogP contribution in [0.25, 0.3) is 0 Å². The van der Waals surface area contributed by atoms with E-state index in [4.69, 9.17) is 4.74 Å². The van der Waals surface area contributed by atoms with Gasteiger partial charge in [-0.2, -0.15) is 0 Å². The van der Waals surface area contributed by atoms with E-state index in [9.17, 15) is 9.59 Å². The first-order chi connectivity index (χ1) is 9.11. The van der Waals surface area contributed by atoms with Crippen molar-refractivity contribution in [1.82, 2.24) is 9.88 Å². The van der Waals surface area contributed by atoms with Crippen LogP contribution >= 0.6 is 0 Å². The molecule has 1 fully saturated rings. The van der Waals surface area contributed by atoms with Gasteiger partial charge in [0.1, 0.15) is 0 Å². The molecule has 2 atom stereocenters. The lowest BCUT2D eigenvalue weighted by molar-refractivity contribution is -0.146. The van der Waals surface area contributed by atoms with Gasteiger partial charge < -0.3 is 9.64 Å². The first kappa shape index (κ1) is 13.5. The molecule has 0 N–H and O–H groups in total. The van der Waals surface area contributed by atoms with E-state index in [0.29, 0.717) is 19.5 Å². The number of esters is 1. The van der Waals surface area contributed by atoms with Gasteiger partial charge in [-0.3, -0.25) is 14.6 Å². The fourth-order valence-corrected chi connectivity index (χ4v) is 2.42. The number of rotatable bonds is 3. The Balaban J connectivity index is 1.96. The van der Waals surface area contributed by atoms with Gasteiger partial charge >= 0.3 is 5.97 Å². The average Bonchev–Trinajstić information content (AvgIpc) is 2.81. The van der Waals surface area contributed by atoms with Gasteiger partial charge in [-0.1, -0.05) is 13.0 Å². The molecule has 2 heterocycles. The third-order valence-electron chi connectivity index (χ3n) is 3.55. The highest BCUT2D eigenvalue weighted by Crippen LogP contribution is 2.24. The number of carbonyl (C=O) groups is 2. The van der Waals surface area contributed by atoms with E-state index in [1.165, 1.54) is 7.11 Å². The van der Waals surface area contributed by atoms with Crippen molar-refractivity contribution in [1.29, 1.82) is 0 Å². The Hall–Kier alpha value is -1.91. The molecule has 0 saturated carbocycles. The summed E-state index contributed by atoms with van der Waals surface area (Å²) in [6, 6.07) is 3.69. The minimum atomic E-state index is -0.232. The van der Waals surface area contributed by atoms with Crippen LogP contribution in [-0.2, 0) is 20.7 Å². The molecule has 0 radical (unpaired) electrons. The van der Waals surface area contributed by atoms with Crippen molar-refractivity contribution in [3.63, 3.8) is 0 Å². The lowest BCUT2D eigenvalue weighted by Crippen LogP contribution is -2.31. The van der Waals surface area contributed by atoms with Gasteiger partial charge in [0.15, 0.2) is 0 Å². The number of carbonyl (C=O) groups excluding carboxylic acids is 2. The fourth-order valence-electron chi connectivity index (χ4n) is 2.42. The number of amides is 1. The van der Waals surface area contributed by atoms with Gasteiger partial charge in [0, 0.05) is 25.5 Å². The van der Waals surface area contributed by atoms with E-state index in [1.54, 1.807) is 17.3 Å². The topological polar surface area (TPSA) is 59.5 Å². The summed E-state index contributed by atoms with van der Waals surface area (Å²) in [5, 5.41) is 0.